The van der Waals surface area contributed by atoms with Gasteiger partial charge in [0.25, 0.3) is 0 Å². The van der Waals surface area contributed by atoms with Gasteiger partial charge in [0.1, 0.15) is 0 Å². The molecule has 2 aliphatic heterocycles. The number of hydrogen-bond acceptors (Lipinski definition) is 4. The molecule has 0 bridgehead atoms. The minimum Gasteiger partial charge on any atom is -0.305 e. The maximum atomic E-state index is 5.75. The molecule has 3 N–H and O–H groups in total. The zero-order chi connectivity index (χ0) is 9.31. The Morgan fingerprint density at radius 1 is 1.31 bits per heavy atom. The Hall–Kier alpha value is 0.230. The molecule has 2 aliphatic rings. The largest absolute Gasteiger partial charge is 0.305 e. The first kappa shape index (κ1) is 9.77. The predicted molar refractivity (Wildman–Crippen MR) is 57.4 cm³/mol. The van der Waals surface area contributed by atoms with E-state index in [1.165, 1.54) is 25.7 Å². The molecule has 2 saturated heterocycles. The van der Waals surface area contributed by atoms with Crippen LogP contribution in [0.5, 0.6) is 0 Å². The van der Waals surface area contributed by atoms with Gasteiger partial charge in [-0.05, 0) is 31.1 Å². The van der Waals surface area contributed by atoms with Crippen molar-refractivity contribution in [3.63, 3.8) is 0 Å². The van der Waals surface area contributed by atoms with Gasteiger partial charge in [-0.3, -0.25) is 5.84 Å². The van der Waals surface area contributed by atoms with E-state index in [4.69, 9.17) is 5.84 Å². The molecule has 2 rings (SSSR count). The van der Waals surface area contributed by atoms with Gasteiger partial charge in [0.05, 0.1) is 5.37 Å². The van der Waals surface area contributed by atoms with Gasteiger partial charge in [-0.1, -0.05) is 0 Å². The van der Waals surface area contributed by atoms with Gasteiger partial charge in [-0.25, -0.2) is 5.01 Å². The molecule has 3 nitrogen and oxygen atoms in total. The van der Waals surface area contributed by atoms with E-state index in [9.17, 15) is 0 Å². The maximum absolute atomic E-state index is 5.75. The summed E-state index contributed by atoms with van der Waals surface area (Å²) in [5.74, 6) is 5.75. The highest BCUT2D eigenvalue weighted by molar-refractivity contribution is 7.80. The Bertz CT molecular complexity index is 146. The summed E-state index contributed by atoms with van der Waals surface area (Å²) in [5.41, 5.74) is 0.537. The van der Waals surface area contributed by atoms with Crippen LogP contribution in [-0.4, -0.2) is 30.0 Å². The van der Waals surface area contributed by atoms with E-state index in [1.807, 2.05) is 5.01 Å². The highest BCUT2D eigenvalue weighted by Crippen LogP contribution is 2.38. The Kier molecular flexibility index (Phi) is 2.83. The highest BCUT2D eigenvalue weighted by atomic mass is 32.1. The zero-order valence-electron chi connectivity index (χ0n) is 8.00. The second-order valence-electron chi connectivity index (χ2n) is 4.47. The number of rotatable bonds is 0. The van der Waals surface area contributed by atoms with Gasteiger partial charge >= 0.3 is 0 Å². The van der Waals surface area contributed by atoms with Crippen molar-refractivity contribution in [2.45, 2.75) is 31.1 Å². The van der Waals surface area contributed by atoms with Crippen molar-refractivity contribution in [1.82, 2.24) is 10.3 Å². The Balaban J connectivity index is 1.90. The van der Waals surface area contributed by atoms with Gasteiger partial charge in [0.2, 0.25) is 0 Å². The summed E-state index contributed by atoms with van der Waals surface area (Å²) in [6.45, 7) is 3.24. The van der Waals surface area contributed by atoms with Crippen LogP contribution >= 0.6 is 12.6 Å². The van der Waals surface area contributed by atoms with E-state index in [2.05, 4.69) is 17.9 Å². The molecule has 0 aromatic carbocycles. The Labute approximate surface area is 85.4 Å². The third kappa shape index (κ3) is 2.18. The quantitative estimate of drug-likeness (QED) is 0.397. The summed E-state index contributed by atoms with van der Waals surface area (Å²) in [5, 5.41) is 5.82. The molecule has 0 radical (unpaired) electrons. The lowest BCUT2D eigenvalue weighted by Gasteiger charge is -2.44. The van der Waals surface area contributed by atoms with Crippen LogP contribution in [0.2, 0.25) is 0 Å². The Morgan fingerprint density at radius 3 is 2.54 bits per heavy atom. The second kappa shape index (κ2) is 3.77. The average molecular weight is 201 g/mol. The smallest absolute Gasteiger partial charge is 0.0502 e. The van der Waals surface area contributed by atoms with Crippen LogP contribution in [0, 0.1) is 5.41 Å². The van der Waals surface area contributed by atoms with E-state index in [1.54, 1.807) is 0 Å². The van der Waals surface area contributed by atoms with E-state index < -0.39 is 0 Å². The SMILES string of the molecule is NN1CCC2(CCC(S)NC2)CC1. The first-order valence-corrected chi connectivity index (χ1v) is 5.63. The second-order valence-corrected chi connectivity index (χ2v) is 5.09. The lowest BCUT2D eigenvalue weighted by molar-refractivity contribution is 0.0765. The molecule has 1 atom stereocenters. The van der Waals surface area contributed by atoms with Gasteiger partial charge < -0.3 is 5.32 Å². The van der Waals surface area contributed by atoms with Crippen molar-refractivity contribution in [2.24, 2.45) is 11.3 Å². The third-order valence-corrected chi connectivity index (χ3v) is 3.96. The van der Waals surface area contributed by atoms with E-state index in [-0.39, 0.29) is 0 Å². The molecule has 2 heterocycles. The number of hydrogen-bond donors (Lipinski definition) is 3. The maximum Gasteiger partial charge on any atom is 0.0502 e. The topological polar surface area (TPSA) is 41.3 Å². The van der Waals surface area contributed by atoms with Gasteiger partial charge in [0, 0.05) is 19.6 Å². The molecule has 1 unspecified atom stereocenters. The van der Waals surface area contributed by atoms with Crippen LogP contribution in [-0.2, 0) is 0 Å². The summed E-state index contributed by atoms with van der Waals surface area (Å²) < 4.78 is 0. The number of nitrogens with zero attached hydrogens (tertiary/aromatic N) is 1. The summed E-state index contributed by atoms with van der Waals surface area (Å²) in [6, 6.07) is 0. The van der Waals surface area contributed by atoms with Crippen molar-refractivity contribution in [2.75, 3.05) is 19.6 Å². The fraction of sp³-hybridized carbons (Fsp3) is 1.00. The van der Waals surface area contributed by atoms with Crippen molar-refractivity contribution < 1.29 is 0 Å². The van der Waals surface area contributed by atoms with Gasteiger partial charge in [0.15, 0.2) is 0 Å². The first-order chi connectivity index (χ1) is 6.20. The molecule has 0 aliphatic carbocycles. The molecule has 4 heteroatoms. The van der Waals surface area contributed by atoms with Crippen LogP contribution in [0.4, 0.5) is 0 Å². The lowest BCUT2D eigenvalue weighted by atomic mass is 9.73. The molecular formula is C9H19N3S. The van der Waals surface area contributed by atoms with E-state index in [0.29, 0.717) is 10.8 Å². The third-order valence-electron chi connectivity index (χ3n) is 3.52. The average Bonchev–Trinajstić information content (AvgIpc) is 2.16. The normalized spacial score (nSPS) is 35.1. The zero-order valence-corrected chi connectivity index (χ0v) is 8.89. The summed E-state index contributed by atoms with van der Waals surface area (Å²) in [4.78, 5) is 0. The first-order valence-electron chi connectivity index (χ1n) is 5.11. The van der Waals surface area contributed by atoms with Gasteiger partial charge in [-0.15, -0.1) is 0 Å². The molecule has 0 aromatic heterocycles. The summed E-state index contributed by atoms with van der Waals surface area (Å²) in [6.07, 6.45) is 5.02. The molecule has 0 aromatic rings. The molecule has 2 fully saturated rings. The molecule has 13 heavy (non-hydrogen) atoms. The van der Waals surface area contributed by atoms with Crippen molar-refractivity contribution in [3.8, 4) is 0 Å². The van der Waals surface area contributed by atoms with Crippen molar-refractivity contribution in [3.05, 3.63) is 0 Å². The molecular weight excluding hydrogens is 182 g/mol. The van der Waals surface area contributed by atoms with Crippen molar-refractivity contribution in [1.29, 1.82) is 0 Å². The summed E-state index contributed by atoms with van der Waals surface area (Å²) in [7, 11) is 0. The van der Waals surface area contributed by atoms with Gasteiger partial charge in [-0.2, -0.15) is 12.6 Å². The molecule has 0 saturated carbocycles. The number of piperidine rings is 2. The Morgan fingerprint density at radius 2 is 2.00 bits per heavy atom. The fourth-order valence-electron chi connectivity index (χ4n) is 2.39. The molecule has 1 spiro atoms. The lowest BCUT2D eigenvalue weighted by Crippen LogP contribution is -2.51. The van der Waals surface area contributed by atoms with Crippen molar-refractivity contribution >= 4 is 12.6 Å². The minimum absolute atomic E-state index is 0.418. The van der Waals surface area contributed by atoms with E-state index >= 15 is 0 Å². The standard InChI is InChI=1S/C9H19N3S/c10-12-5-3-9(4-6-12)2-1-8(13)11-7-9/h8,11,13H,1-7,10H2. The number of hydrazine groups is 1. The highest BCUT2D eigenvalue weighted by Gasteiger charge is 2.36. The van der Waals surface area contributed by atoms with Crippen LogP contribution in [0.3, 0.4) is 0 Å². The number of nitrogens with two attached hydrogens (primary N) is 1. The molecule has 0 amide bonds. The predicted octanol–water partition coefficient (Wildman–Crippen LogP) is 0.582. The van der Waals surface area contributed by atoms with Crippen LogP contribution in [0.25, 0.3) is 0 Å². The minimum atomic E-state index is 0.418. The monoisotopic (exact) mass is 201 g/mol. The number of nitrogens with one attached hydrogen (secondary N) is 1. The summed E-state index contributed by atoms with van der Waals surface area (Å²) >= 11 is 4.44. The van der Waals surface area contributed by atoms with Crippen LogP contribution in [0.15, 0.2) is 0 Å². The van der Waals surface area contributed by atoms with Crippen LogP contribution < -0.4 is 11.2 Å². The molecule has 76 valence electrons. The van der Waals surface area contributed by atoms with E-state index in [0.717, 1.165) is 19.6 Å². The van der Waals surface area contributed by atoms with Crippen LogP contribution in [0.1, 0.15) is 25.7 Å². The fourth-order valence-corrected chi connectivity index (χ4v) is 2.61. The number of thiol groups is 1.